The van der Waals surface area contributed by atoms with Gasteiger partial charge in [-0.25, -0.2) is 9.67 Å². The second-order valence-electron chi connectivity index (χ2n) is 17.0. The topological polar surface area (TPSA) is 49.8 Å². The summed E-state index contributed by atoms with van der Waals surface area (Å²) in [7, 11) is 0. The van der Waals surface area contributed by atoms with Crippen molar-refractivity contribution in [3.8, 4) is 28.7 Å². The highest BCUT2D eigenvalue weighted by Crippen LogP contribution is 2.43. The molecule has 0 amide bonds. The molecule has 9 rings (SSSR count). The molecule has 4 heterocycles. The van der Waals surface area contributed by atoms with Crippen LogP contribution < -0.4 is 4.74 Å². The summed E-state index contributed by atoms with van der Waals surface area (Å²) >= 11 is 0. The van der Waals surface area contributed by atoms with Crippen LogP contribution in [-0.2, 0) is 10.8 Å². The van der Waals surface area contributed by atoms with Crippen molar-refractivity contribution < 1.29 is 4.74 Å². The predicted molar refractivity (Wildman–Crippen MR) is 228 cm³/mol. The molecule has 0 saturated heterocycles. The van der Waals surface area contributed by atoms with E-state index in [1.807, 2.05) is 36.0 Å². The highest BCUT2D eigenvalue weighted by atomic mass is 16.5. The maximum atomic E-state index is 6.60. The van der Waals surface area contributed by atoms with Crippen LogP contribution in [0.5, 0.6) is 11.5 Å². The predicted octanol–water partition coefficient (Wildman–Crippen LogP) is 12.8. The molecule has 0 fully saturated rings. The number of pyridine rings is 1. The van der Waals surface area contributed by atoms with E-state index in [-0.39, 0.29) is 10.8 Å². The molecule has 6 nitrogen and oxygen atoms in total. The first-order chi connectivity index (χ1) is 26.3. The lowest BCUT2D eigenvalue weighted by atomic mass is 9.85. The maximum Gasteiger partial charge on any atom is 0.142 e. The lowest BCUT2D eigenvalue weighted by Gasteiger charge is -2.25. The third kappa shape index (κ3) is 5.62. The van der Waals surface area contributed by atoms with Gasteiger partial charge < -0.3 is 9.30 Å². The van der Waals surface area contributed by atoms with Crippen LogP contribution in [0.1, 0.15) is 69.6 Å². The van der Waals surface area contributed by atoms with Crippen molar-refractivity contribution in [2.75, 3.05) is 0 Å². The second-order valence-corrected chi connectivity index (χ2v) is 17.0. The standard InChI is InChI=1S/C49H47N5O/c1-30-27-31(2)54(51-30)33-15-12-16-34(28-33)55-35-23-24-37-36-17-10-11-22-43(36)52(44(37)29-35)47-32(3)42(25-26-50-47)53-45-38(18-13-20-40(45)48(4,5)6)39-19-14-21-41(46(39)53)49(7,8)9/h10-29H,1-9H3. The van der Waals surface area contributed by atoms with Crippen molar-refractivity contribution in [2.24, 2.45) is 0 Å². The van der Waals surface area contributed by atoms with E-state index in [9.17, 15) is 0 Å². The number of ether oxygens (including phenoxy) is 1. The molecule has 0 aliphatic rings. The minimum Gasteiger partial charge on any atom is -0.457 e. The Labute approximate surface area is 322 Å². The summed E-state index contributed by atoms with van der Waals surface area (Å²) in [5, 5.41) is 9.55. The average Bonchev–Trinajstić information content (AvgIpc) is 3.79. The SMILES string of the molecule is Cc1cc(C)n(-c2cccc(Oc3ccc4c5ccccc5n(-c5nccc(-n6c7c(C(C)(C)C)cccc7c7cccc(C(C)(C)C)c76)c5C)c4c3)c2)n1. The summed E-state index contributed by atoms with van der Waals surface area (Å²) in [5.74, 6) is 2.39. The molecule has 0 saturated carbocycles. The van der Waals surface area contributed by atoms with Gasteiger partial charge >= 0.3 is 0 Å². The van der Waals surface area contributed by atoms with E-state index in [1.165, 1.54) is 38.3 Å². The molecule has 9 aromatic rings. The minimum atomic E-state index is -0.0732. The van der Waals surface area contributed by atoms with Crippen LogP contribution in [-0.4, -0.2) is 23.9 Å². The van der Waals surface area contributed by atoms with Gasteiger partial charge in [0.05, 0.1) is 39.1 Å². The Bertz CT molecular complexity index is 2890. The third-order valence-electron chi connectivity index (χ3n) is 11.0. The number of nitrogens with zero attached hydrogens (tertiary/aromatic N) is 5. The second kappa shape index (κ2) is 12.5. The molecule has 6 heteroatoms. The van der Waals surface area contributed by atoms with E-state index < -0.39 is 0 Å². The van der Waals surface area contributed by atoms with Gasteiger partial charge in [0, 0.05) is 51.1 Å². The van der Waals surface area contributed by atoms with Gasteiger partial charge in [-0.05, 0) is 85.2 Å². The summed E-state index contributed by atoms with van der Waals surface area (Å²) in [6.45, 7) is 20.2. The molecule has 0 radical (unpaired) electrons. The van der Waals surface area contributed by atoms with Crippen LogP contribution in [0.15, 0.2) is 121 Å². The van der Waals surface area contributed by atoms with Crippen LogP contribution in [0.4, 0.5) is 0 Å². The fraction of sp³-hybridized carbons (Fsp3) is 0.224. The smallest absolute Gasteiger partial charge is 0.142 e. The van der Waals surface area contributed by atoms with Gasteiger partial charge in [-0.1, -0.05) is 102 Å². The first-order valence-electron chi connectivity index (χ1n) is 19.2. The Kier molecular flexibility index (Phi) is 7.84. The first kappa shape index (κ1) is 34.6. The molecule has 0 unspecified atom stereocenters. The Hall–Kier alpha value is -6.14. The van der Waals surface area contributed by atoms with Crippen molar-refractivity contribution in [1.82, 2.24) is 23.9 Å². The van der Waals surface area contributed by atoms with E-state index in [0.717, 1.165) is 62.1 Å². The number of hydrogen-bond acceptors (Lipinski definition) is 3. The quantitative estimate of drug-likeness (QED) is 0.178. The number of benzene rings is 5. The molecule has 0 aliphatic heterocycles. The molecule has 0 bridgehead atoms. The fourth-order valence-electron chi connectivity index (χ4n) is 8.50. The Morgan fingerprint density at radius 2 is 1.16 bits per heavy atom. The van der Waals surface area contributed by atoms with E-state index in [0.29, 0.717) is 0 Å². The average molecular weight is 722 g/mol. The molecular weight excluding hydrogens is 675 g/mol. The summed E-state index contributed by atoms with van der Waals surface area (Å²) < 4.78 is 13.4. The number of para-hydroxylation sites is 3. The first-order valence-corrected chi connectivity index (χ1v) is 19.2. The van der Waals surface area contributed by atoms with Crippen molar-refractivity contribution in [3.05, 3.63) is 150 Å². The summed E-state index contributed by atoms with van der Waals surface area (Å²) in [6, 6.07) is 41.0. The van der Waals surface area contributed by atoms with E-state index in [4.69, 9.17) is 9.72 Å². The van der Waals surface area contributed by atoms with E-state index in [2.05, 4.69) is 167 Å². The Morgan fingerprint density at radius 1 is 0.545 bits per heavy atom. The van der Waals surface area contributed by atoms with Crippen LogP contribution in [0, 0.1) is 20.8 Å². The molecule has 274 valence electrons. The number of rotatable bonds is 5. The number of fused-ring (bicyclic) bond motifs is 6. The zero-order valence-corrected chi connectivity index (χ0v) is 33.2. The van der Waals surface area contributed by atoms with Gasteiger partial charge in [0.15, 0.2) is 0 Å². The zero-order chi connectivity index (χ0) is 38.4. The number of aromatic nitrogens is 5. The zero-order valence-electron chi connectivity index (χ0n) is 33.2. The van der Waals surface area contributed by atoms with Crippen molar-refractivity contribution in [3.63, 3.8) is 0 Å². The van der Waals surface area contributed by atoms with Gasteiger partial charge in [-0.2, -0.15) is 5.10 Å². The lowest BCUT2D eigenvalue weighted by molar-refractivity contribution is 0.482. The largest absolute Gasteiger partial charge is 0.457 e. The molecular formula is C49H47N5O. The molecule has 0 atom stereocenters. The molecule has 0 spiro atoms. The molecule has 5 aromatic carbocycles. The van der Waals surface area contributed by atoms with Gasteiger partial charge in [0.25, 0.3) is 0 Å². The minimum absolute atomic E-state index is 0.0732. The number of hydrogen-bond donors (Lipinski definition) is 0. The summed E-state index contributed by atoms with van der Waals surface area (Å²) in [5.41, 5.74) is 12.4. The monoisotopic (exact) mass is 721 g/mol. The van der Waals surface area contributed by atoms with Crippen LogP contribution in [0.25, 0.3) is 60.8 Å². The Balaban J connectivity index is 1.27. The van der Waals surface area contributed by atoms with Crippen LogP contribution >= 0.6 is 0 Å². The van der Waals surface area contributed by atoms with Crippen molar-refractivity contribution in [2.45, 2.75) is 73.1 Å². The van der Waals surface area contributed by atoms with E-state index in [1.54, 1.807) is 0 Å². The summed E-state index contributed by atoms with van der Waals surface area (Å²) in [6.07, 6.45) is 1.97. The molecule has 0 aliphatic carbocycles. The van der Waals surface area contributed by atoms with Gasteiger partial charge in [-0.3, -0.25) is 4.57 Å². The van der Waals surface area contributed by atoms with Crippen LogP contribution in [0.3, 0.4) is 0 Å². The van der Waals surface area contributed by atoms with Gasteiger partial charge in [0.2, 0.25) is 0 Å². The molecule has 4 aromatic heterocycles. The van der Waals surface area contributed by atoms with Crippen molar-refractivity contribution >= 4 is 43.6 Å². The van der Waals surface area contributed by atoms with E-state index >= 15 is 0 Å². The fourth-order valence-corrected chi connectivity index (χ4v) is 8.50. The normalized spacial score (nSPS) is 12.5. The summed E-state index contributed by atoms with van der Waals surface area (Å²) in [4.78, 5) is 5.16. The number of aryl methyl sites for hydroxylation is 2. The Morgan fingerprint density at radius 3 is 1.82 bits per heavy atom. The highest BCUT2D eigenvalue weighted by molar-refractivity contribution is 6.12. The van der Waals surface area contributed by atoms with Crippen molar-refractivity contribution in [1.29, 1.82) is 0 Å². The molecule has 55 heavy (non-hydrogen) atoms. The van der Waals surface area contributed by atoms with Gasteiger partial charge in [-0.15, -0.1) is 0 Å². The lowest BCUT2D eigenvalue weighted by Crippen LogP contribution is -2.16. The van der Waals surface area contributed by atoms with Crippen LogP contribution in [0.2, 0.25) is 0 Å². The van der Waals surface area contributed by atoms with Gasteiger partial charge in [0.1, 0.15) is 17.3 Å². The third-order valence-corrected chi connectivity index (χ3v) is 11.0. The maximum absolute atomic E-state index is 6.60. The highest BCUT2D eigenvalue weighted by Gasteiger charge is 2.28. The molecule has 0 N–H and O–H groups in total.